The molecule has 1 aliphatic heterocycles. The first-order valence-electron chi connectivity index (χ1n) is 6.69. The van der Waals surface area contributed by atoms with Gasteiger partial charge in [0.1, 0.15) is 11.2 Å². The van der Waals surface area contributed by atoms with Crippen molar-refractivity contribution in [2.45, 2.75) is 77.4 Å². The minimum absolute atomic E-state index is 0.329. The highest BCUT2D eigenvalue weighted by molar-refractivity contribution is 6.44. The first kappa shape index (κ1) is 14.4. The van der Waals surface area contributed by atoms with Crippen molar-refractivity contribution in [2.75, 3.05) is 0 Å². The lowest BCUT2D eigenvalue weighted by Crippen LogP contribution is -2.34. The van der Waals surface area contributed by atoms with Gasteiger partial charge in [-0.3, -0.25) is 9.59 Å². The molecule has 0 aromatic carbocycles. The van der Waals surface area contributed by atoms with E-state index < -0.39 is 11.2 Å². The molecule has 3 heteroatoms. The predicted molar refractivity (Wildman–Crippen MR) is 67.0 cm³/mol. The minimum Gasteiger partial charge on any atom is -0.353 e. The summed E-state index contributed by atoms with van der Waals surface area (Å²) in [6, 6.07) is 0. The van der Waals surface area contributed by atoms with Crippen LogP contribution < -0.4 is 0 Å². The number of rotatable bonds is 6. The summed E-state index contributed by atoms with van der Waals surface area (Å²) in [4.78, 5) is 24.1. The molecule has 1 rings (SSSR count). The van der Waals surface area contributed by atoms with Crippen LogP contribution in [-0.4, -0.2) is 22.8 Å². The van der Waals surface area contributed by atoms with E-state index in [4.69, 9.17) is 4.74 Å². The van der Waals surface area contributed by atoms with Gasteiger partial charge >= 0.3 is 0 Å². The van der Waals surface area contributed by atoms with Crippen molar-refractivity contribution in [3.05, 3.63) is 0 Å². The predicted octanol–water partition coefficient (Wildman–Crippen LogP) is 3.05. The Labute approximate surface area is 104 Å². The van der Waals surface area contributed by atoms with Crippen molar-refractivity contribution in [3.63, 3.8) is 0 Å². The van der Waals surface area contributed by atoms with E-state index in [-0.39, 0.29) is 11.6 Å². The summed E-state index contributed by atoms with van der Waals surface area (Å²) < 4.78 is 5.87. The van der Waals surface area contributed by atoms with Crippen LogP contribution in [0.2, 0.25) is 0 Å². The summed E-state index contributed by atoms with van der Waals surface area (Å²) in [6.45, 7) is 7.67. The summed E-state index contributed by atoms with van der Waals surface area (Å²) in [5, 5.41) is 0. The van der Waals surface area contributed by atoms with Gasteiger partial charge in [0.2, 0.25) is 11.6 Å². The zero-order chi connectivity index (χ0) is 13.1. The van der Waals surface area contributed by atoms with Gasteiger partial charge in [0.25, 0.3) is 0 Å². The van der Waals surface area contributed by atoms with Crippen molar-refractivity contribution in [1.29, 1.82) is 0 Å². The fraction of sp³-hybridized carbons (Fsp3) is 0.857. The first-order valence-corrected chi connectivity index (χ1v) is 6.69. The molecular weight excluding hydrogens is 216 g/mol. The topological polar surface area (TPSA) is 43.4 Å². The Bertz CT molecular complexity index is 281. The van der Waals surface area contributed by atoms with Gasteiger partial charge < -0.3 is 4.74 Å². The second kappa shape index (κ2) is 5.30. The number of hydrogen-bond donors (Lipinski definition) is 0. The molecule has 0 amide bonds. The lowest BCUT2D eigenvalue weighted by Gasteiger charge is -2.27. The van der Waals surface area contributed by atoms with E-state index in [9.17, 15) is 9.59 Å². The Morgan fingerprint density at radius 1 is 0.882 bits per heavy atom. The Balaban J connectivity index is 2.80. The van der Waals surface area contributed by atoms with E-state index in [0.29, 0.717) is 12.8 Å². The summed E-state index contributed by atoms with van der Waals surface area (Å²) >= 11 is 0. The van der Waals surface area contributed by atoms with Crippen molar-refractivity contribution in [2.24, 2.45) is 0 Å². The van der Waals surface area contributed by atoms with Crippen molar-refractivity contribution < 1.29 is 14.3 Å². The van der Waals surface area contributed by atoms with Gasteiger partial charge in [-0.1, -0.05) is 39.5 Å². The third kappa shape index (κ3) is 2.76. The molecule has 2 atom stereocenters. The highest BCUT2D eigenvalue weighted by Gasteiger charge is 2.56. The number of ketones is 2. The molecule has 0 bridgehead atoms. The molecule has 1 heterocycles. The highest BCUT2D eigenvalue weighted by atomic mass is 16.5. The number of carbonyl (C=O) groups excluding carboxylic acids is 2. The molecule has 0 saturated carbocycles. The monoisotopic (exact) mass is 240 g/mol. The molecule has 0 aromatic heterocycles. The smallest absolute Gasteiger partial charge is 0.232 e. The number of ether oxygens (including phenoxy) is 1. The van der Waals surface area contributed by atoms with E-state index in [1.807, 2.05) is 0 Å². The summed E-state index contributed by atoms with van der Waals surface area (Å²) in [5.41, 5.74) is -1.76. The van der Waals surface area contributed by atoms with Crippen LogP contribution in [0.1, 0.15) is 66.2 Å². The van der Waals surface area contributed by atoms with Crippen LogP contribution in [0.4, 0.5) is 0 Å². The zero-order valence-corrected chi connectivity index (χ0v) is 11.5. The third-order valence-corrected chi connectivity index (χ3v) is 3.63. The van der Waals surface area contributed by atoms with E-state index in [1.165, 1.54) is 0 Å². The van der Waals surface area contributed by atoms with Gasteiger partial charge in [0, 0.05) is 0 Å². The van der Waals surface area contributed by atoms with Gasteiger partial charge in [-0.2, -0.15) is 0 Å². The lowest BCUT2D eigenvalue weighted by molar-refractivity contribution is -0.137. The van der Waals surface area contributed by atoms with Crippen LogP contribution in [0.25, 0.3) is 0 Å². The molecule has 0 N–H and O–H groups in total. The van der Waals surface area contributed by atoms with Crippen LogP contribution >= 0.6 is 0 Å². The molecule has 3 nitrogen and oxygen atoms in total. The summed E-state index contributed by atoms with van der Waals surface area (Å²) in [6.07, 6.45) is 5.14. The zero-order valence-electron chi connectivity index (χ0n) is 11.5. The van der Waals surface area contributed by atoms with Crippen LogP contribution in [0.5, 0.6) is 0 Å². The standard InChI is InChI=1S/C14H24O3/c1-5-7-9-13(3)11(15)12(16)14(4,17-13)10-8-6-2/h5-10H2,1-4H3. The van der Waals surface area contributed by atoms with E-state index in [1.54, 1.807) is 13.8 Å². The fourth-order valence-electron chi connectivity index (χ4n) is 2.43. The third-order valence-electron chi connectivity index (χ3n) is 3.63. The van der Waals surface area contributed by atoms with Crippen LogP contribution in [-0.2, 0) is 14.3 Å². The van der Waals surface area contributed by atoms with Crippen LogP contribution in [0.3, 0.4) is 0 Å². The molecule has 0 radical (unpaired) electrons. The maximum absolute atomic E-state index is 12.0. The molecular formula is C14H24O3. The Morgan fingerprint density at radius 3 is 1.53 bits per heavy atom. The number of carbonyl (C=O) groups is 2. The molecule has 0 spiro atoms. The first-order chi connectivity index (χ1) is 7.89. The Hall–Kier alpha value is -0.700. The Kier molecular flexibility index (Phi) is 4.48. The molecule has 98 valence electrons. The van der Waals surface area contributed by atoms with Gasteiger partial charge in [-0.15, -0.1) is 0 Å². The lowest BCUT2D eigenvalue weighted by atomic mass is 9.89. The fourth-order valence-corrected chi connectivity index (χ4v) is 2.43. The molecule has 17 heavy (non-hydrogen) atoms. The van der Waals surface area contributed by atoms with E-state index in [0.717, 1.165) is 25.7 Å². The Morgan fingerprint density at radius 2 is 1.24 bits per heavy atom. The average molecular weight is 240 g/mol. The molecule has 1 saturated heterocycles. The highest BCUT2D eigenvalue weighted by Crippen LogP contribution is 2.38. The van der Waals surface area contributed by atoms with E-state index in [2.05, 4.69) is 13.8 Å². The SMILES string of the molecule is CCCCC1(C)OC(C)(CCCC)C(=O)C1=O. The van der Waals surface area contributed by atoms with Gasteiger partial charge in [0.05, 0.1) is 0 Å². The van der Waals surface area contributed by atoms with Crippen molar-refractivity contribution in [1.82, 2.24) is 0 Å². The molecule has 2 unspecified atom stereocenters. The van der Waals surface area contributed by atoms with Crippen LogP contribution in [0, 0.1) is 0 Å². The second-order valence-corrected chi connectivity index (χ2v) is 5.43. The molecule has 1 aliphatic rings. The van der Waals surface area contributed by atoms with Gasteiger partial charge in [-0.05, 0) is 26.7 Å². The largest absolute Gasteiger partial charge is 0.353 e. The summed E-state index contributed by atoms with van der Waals surface area (Å²) in [5.74, 6) is -0.658. The van der Waals surface area contributed by atoms with Crippen LogP contribution in [0.15, 0.2) is 0 Å². The number of unbranched alkanes of at least 4 members (excludes halogenated alkanes) is 2. The van der Waals surface area contributed by atoms with Gasteiger partial charge in [-0.25, -0.2) is 0 Å². The maximum Gasteiger partial charge on any atom is 0.232 e. The second-order valence-electron chi connectivity index (χ2n) is 5.43. The number of hydrogen-bond acceptors (Lipinski definition) is 3. The summed E-state index contributed by atoms with van der Waals surface area (Å²) in [7, 11) is 0. The van der Waals surface area contributed by atoms with Crippen molar-refractivity contribution >= 4 is 11.6 Å². The molecule has 0 aliphatic carbocycles. The van der Waals surface area contributed by atoms with Gasteiger partial charge in [0.15, 0.2) is 0 Å². The molecule has 1 fully saturated rings. The molecule has 0 aromatic rings. The quantitative estimate of drug-likeness (QED) is 0.670. The normalized spacial score (nSPS) is 33.4. The maximum atomic E-state index is 12.0. The van der Waals surface area contributed by atoms with Crippen molar-refractivity contribution in [3.8, 4) is 0 Å². The number of Topliss-reactive ketones (excluding diaryl/α,β-unsaturated/α-hetero) is 2. The minimum atomic E-state index is -0.879. The average Bonchev–Trinajstić information content (AvgIpc) is 2.47. The van der Waals surface area contributed by atoms with E-state index >= 15 is 0 Å².